The van der Waals surface area contributed by atoms with Gasteiger partial charge in [-0.3, -0.25) is 0 Å². The molecule has 0 heterocycles. The molecular weight excluding hydrogens is 172 g/mol. The molecule has 0 bridgehead atoms. The van der Waals surface area contributed by atoms with E-state index in [-0.39, 0.29) is 0 Å². The normalized spacial score (nSPS) is 11.8. The predicted octanol–water partition coefficient (Wildman–Crippen LogP) is 2.46. The van der Waals surface area contributed by atoms with Crippen molar-refractivity contribution in [1.29, 1.82) is 5.26 Å². The summed E-state index contributed by atoms with van der Waals surface area (Å²) in [6, 6.07) is 10.0. The van der Waals surface area contributed by atoms with Crippen LogP contribution in [0.1, 0.15) is 25.0 Å². The number of allylic oxidation sites excluding steroid dienone is 1. The van der Waals surface area contributed by atoms with Gasteiger partial charge in [-0.25, -0.2) is 0 Å². The Kier molecular flexibility index (Phi) is 3.30. The first kappa shape index (κ1) is 10.3. The minimum Gasteiger partial charge on any atom is -0.397 e. The van der Waals surface area contributed by atoms with Crippen molar-refractivity contribution < 1.29 is 0 Å². The van der Waals surface area contributed by atoms with E-state index in [2.05, 4.69) is 6.92 Å². The molecule has 0 aliphatic rings. The number of nitriles is 1. The SMILES string of the molecule is CCc1ccc(/C(N)=C(/C)C#N)cc1. The van der Waals surface area contributed by atoms with Gasteiger partial charge in [-0.1, -0.05) is 31.2 Å². The van der Waals surface area contributed by atoms with Crippen molar-refractivity contribution >= 4 is 5.70 Å². The average molecular weight is 186 g/mol. The summed E-state index contributed by atoms with van der Waals surface area (Å²) in [6.45, 7) is 3.83. The summed E-state index contributed by atoms with van der Waals surface area (Å²) in [5, 5.41) is 8.68. The zero-order valence-corrected chi connectivity index (χ0v) is 8.54. The van der Waals surface area contributed by atoms with Crippen molar-refractivity contribution in [3.8, 4) is 6.07 Å². The van der Waals surface area contributed by atoms with Gasteiger partial charge >= 0.3 is 0 Å². The van der Waals surface area contributed by atoms with Gasteiger partial charge in [0.05, 0.1) is 11.8 Å². The number of nitrogens with two attached hydrogens (primary N) is 1. The molecule has 1 aromatic rings. The lowest BCUT2D eigenvalue weighted by Crippen LogP contribution is -1.99. The van der Waals surface area contributed by atoms with Crippen LogP contribution >= 0.6 is 0 Å². The van der Waals surface area contributed by atoms with Gasteiger partial charge in [-0.05, 0) is 24.5 Å². The van der Waals surface area contributed by atoms with E-state index in [0.29, 0.717) is 11.3 Å². The van der Waals surface area contributed by atoms with Gasteiger partial charge in [0.15, 0.2) is 0 Å². The lowest BCUT2D eigenvalue weighted by atomic mass is 10.1. The molecule has 0 saturated carbocycles. The molecule has 0 unspecified atom stereocenters. The highest BCUT2D eigenvalue weighted by Crippen LogP contribution is 2.14. The van der Waals surface area contributed by atoms with Crippen LogP contribution in [-0.2, 0) is 6.42 Å². The van der Waals surface area contributed by atoms with Crippen molar-refractivity contribution in [2.75, 3.05) is 0 Å². The highest BCUT2D eigenvalue weighted by atomic mass is 14.6. The number of aryl methyl sites for hydroxylation is 1. The van der Waals surface area contributed by atoms with E-state index in [4.69, 9.17) is 11.0 Å². The molecule has 2 heteroatoms. The topological polar surface area (TPSA) is 49.8 Å². The summed E-state index contributed by atoms with van der Waals surface area (Å²) in [5.41, 5.74) is 9.12. The van der Waals surface area contributed by atoms with Crippen molar-refractivity contribution in [2.24, 2.45) is 5.73 Å². The van der Waals surface area contributed by atoms with Crippen LogP contribution in [0.3, 0.4) is 0 Å². The second-order valence-corrected chi connectivity index (χ2v) is 3.20. The lowest BCUT2D eigenvalue weighted by Gasteiger charge is -2.03. The highest BCUT2D eigenvalue weighted by Gasteiger charge is 2.00. The fraction of sp³-hybridized carbons (Fsp3) is 0.250. The van der Waals surface area contributed by atoms with Crippen LogP contribution in [0.4, 0.5) is 0 Å². The first-order chi connectivity index (χ1) is 6.69. The monoisotopic (exact) mass is 186 g/mol. The predicted molar refractivity (Wildman–Crippen MR) is 58.2 cm³/mol. The fourth-order valence-electron chi connectivity index (χ4n) is 1.20. The summed E-state index contributed by atoms with van der Waals surface area (Å²) in [4.78, 5) is 0. The molecule has 0 aromatic heterocycles. The number of hydrogen-bond donors (Lipinski definition) is 1. The van der Waals surface area contributed by atoms with Crippen LogP contribution in [-0.4, -0.2) is 0 Å². The number of rotatable bonds is 2. The van der Waals surface area contributed by atoms with Gasteiger partial charge in [0.1, 0.15) is 0 Å². The maximum absolute atomic E-state index is 8.68. The van der Waals surface area contributed by atoms with E-state index in [0.717, 1.165) is 12.0 Å². The van der Waals surface area contributed by atoms with Crippen molar-refractivity contribution in [3.05, 3.63) is 41.0 Å². The molecule has 0 fully saturated rings. The summed E-state index contributed by atoms with van der Waals surface area (Å²) in [7, 11) is 0. The van der Waals surface area contributed by atoms with E-state index >= 15 is 0 Å². The number of nitrogens with zero attached hydrogens (tertiary/aromatic N) is 1. The molecule has 0 saturated heterocycles. The Balaban J connectivity index is 3.05. The lowest BCUT2D eigenvalue weighted by molar-refractivity contribution is 1.14. The zero-order valence-electron chi connectivity index (χ0n) is 8.54. The van der Waals surface area contributed by atoms with Crippen LogP contribution in [0.2, 0.25) is 0 Å². The molecule has 0 radical (unpaired) electrons. The smallest absolute Gasteiger partial charge is 0.0965 e. The standard InChI is InChI=1S/C12H14N2/c1-3-10-4-6-11(7-5-10)12(14)9(2)8-13/h4-7H,3,14H2,1-2H3/b12-9+. The molecule has 0 amide bonds. The minimum absolute atomic E-state index is 0.564. The van der Waals surface area contributed by atoms with Crippen LogP contribution in [0.25, 0.3) is 5.70 Å². The zero-order chi connectivity index (χ0) is 10.6. The molecule has 14 heavy (non-hydrogen) atoms. The molecular formula is C12H14N2. The third-order valence-corrected chi connectivity index (χ3v) is 2.24. The van der Waals surface area contributed by atoms with E-state index in [1.165, 1.54) is 5.56 Å². The Labute approximate surface area is 84.7 Å². The van der Waals surface area contributed by atoms with Gasteiger partial charge in [0.2, 0.25) is 0 Å². The van der Waals surface area contributed by atoms with E-state index in [1.807, 2.05) is 30.3 Å². The van der Waals surface area contributed by atoms with E-state index in [9.17, 15) is 0 Å². The van der Waals surface area contributed by atoms with Crippen molar-refractivity contribution in [3.63, 3.8) is 0 Å². The van der Waals surface area contributed by atoms with E-state index in [1.54, 1.807) is 6.92 Å². The van der Waals surface area contributed by atoms with Crippen LogP contribution in [0.5, 0.6) is 0 Å². The van der Waals surface area contributed by atoms with Gasteiger partial charge in [-0.2, -0.15) is 5.26 Å². The summed E-state index contributed by atoms with van der Waals surface area (Å²) < 4.78 is 0. The maximum atomic E-state index is 8.68. The highest BCUT2D eigenvalue weighted by molar-refractivity contribution is 5.68. The van der Waals surface area contributed by atoms with Gasteiger partial charge < -0.3 is 5.73 Å². The number of benzene rings is 1. The molecule has 0 aliphatic heterocycles. The maximum Gasteiger partial charge on any atom is 0.0965 e. The van der Waals surface area contributed by atoms with Crippen LogP contribution in [0.15, 0.2) is 29.8 Å². The molecule has 1 aromatic carbocycles. The molecule has 0 atom stereocenters. The summed E-state index contributed by atoms with van der Waals surface area (Å²) >= 11 is 0. The molecule has 0 aliphatic carbocycles. The second-order valence-electron chi connectivity index (χ2n) is 3.20. The van der Waals surface area contributed by atoms with Crippen molar-refractivity contribution in [1.82, 2.24) is 0 Å². The quantitative estimate of drug-likeness (QED) is 0.721. The largest absolute Gasteiger partial charge is 0.397 e. The molecule has 2 N–H and O–H groups in total. The van der Waals surface area contributed by atoms with Crippen LogP contribution in [0, 0.1) is 11.3 Å². The second kappa shape index (κ2) is 4.48. The van der Waals surface area contributed by atoms with Gasteiger partial charge in [0, 0.05) is 5.57 Å². The Morgan fingerprint density at radius 2 is 1.93 bits per heavy atom. The van der Waals surface area contributed by atoms with E-state index < -0.39 is 0 Å². The fourth-order valence-corrected chi connectivity index (χ4v) is 1.20. The van der Waals surface area contributed by atoms with Crippen LogP contribution < -0.4 is 5.73 Å². The minimum atomic E-state index is 0.564. The first-order valence-corrected chi connectivity index (χ1v) is 4.64. The third-order valence-electron chi connectivity index (χ3n) is 2.24. The van der Waals surface area contributed by atoms with Crippen molar-refractivity contribution in [2.45, 2.75) is 20.3 Å². The Hall–Kier alpha value is -1.75. The molecule has 0 spiro atoms. The molecule has 1 rings (SSSR count). The average Bonchev–Trinajstić information content (AvgIpc) is 2.27. The number of hydrogen-bond acceptors (Lipinski definition) is 2. The molecule has 72 valence electrons. The Bertz CT molecular complexity index is 380. The first-order valence-electron chi connectivity index (χ1n) is 4.64. The van der Waals surface area contributed by atoms with Gasteiger partial charge in [-0.15, -0.1) is 0 Å². The summed E-state index contributed by atoms with van der Waals surface area (Å²) in [6.07, 6.45) is 1.02. The van der Waals surface area contributed by atoms with Gasteiger partial charge in [0.25, 0.3) is 0 Å². The molecule has 2 nitrogen and oxygen atoms in total. The summed E-state index contributed by atoms with van der Waals surface area (Å²) in [5.74, 6) is 0. The Morgan fingerprint density at radius 3 is 2.36 bits per heavy atom. The Morgan fingerprint density at radius 1 is 1.36 bits per heavy atom. The third kappa shape index (κ3) is 2.14.